The molecule has 1 atom stereocenters. The number of rotatable bonds is 9. The Kier molecular flexibility index (Phi) is 7.71. The SMILES string of the molecule is Nc1cc(C(CCNCc2ccccc2Cc2ccc3c(c2)CCCC3)c2ccccc2)c(N)c(N)n1. The number of anilines is 3. The highest BCUT2D eigenvalue weighted by molar-refractivity contribution is 5.68. The minimum absolute atomic E-state index is 0.0760. The minimum atomic E-state index is 0.0760. The highest BCUT2D eigenvalue weighted by atomic mass is 14.9. The highest BCUT2D eigenvalue weighted by Gasteiger charge is 2.19. The van der Waals surface area contributed by atoms with E-state index in [1.54, 1.807) is 5.56 Å². The van der Waals surface area contributed by atoms with Crippen LogP contribution in [0.2, 0.25) is 0 Å². The van der Waals surface area contributed by atoms with Gasteiger partial charge in [-0.15, -0.1) is 0 Å². The van der Waals surface area contributed by atoms with Gasteiger partial charge in [0.2, 0.25) is 0 Å². The summed E-state index contributed by atoms with van der Waals surface area (Å²) in [5.74, 6) is 0.763. The Morgan fingerprint density at radius 1 is 0.784 bits per heavy atom. The molecule has 0 amide bonds. The molecule has 1 heterocycles. The summed E-state index contributed by atoms with van der Waals surface area (Å²) >= 11 is 0. The zero-order chi connectivity index (χ0) is 25.6. The van der Waals surface area contributed by atoms with Gasteiger partial charge in [0.15, 0.2) is 0 Å². The number of nitrogen functional groups attached to an aromatic ring is 3. The number of fused-ring (bicyclic) bond motifs is 1. The maximum atomic E-state index is 6.36. The number of hydrogen-bond donors (Lipinski definition) is 4. The van der Waals surface area contributed by atoms with Gasteiger partial charge in [0.05, 0.1) is 5.69 Å². The number of benzene rings is 3. The maximum Gasteiger partial charge on any atom is 0.149 e. The summed E-state index contributed by atoms with van der Waals surface area (Å²) in [4.78, 5) is 4.13. The van der Waals surface area contributed by atoms with Crippen LogP contribution in [0.4, 0.5) is 17.3 Å². The smallest absolute Gasteiger partial charge is 0.149 e. The summed E-state index contributed by atoms with van der Waals surface area (Å²) in [6.45, 7) is 1.65. The van der Waals surface area contributed by atoms with E-state index in [0.29, 0.717) is 17.3 Å². The first-order valence-corrected chi connectivity index (χ1v) is 13.3. The van der Waals surface area contributed by atoms with Crippen molar-refractivity contribution < 1.29 is 0 Å². The number of nitrogens with two attached hydrogens (primary N) is 3. The van der Waals surface area contributed by atoms with Crippen LogP contribution in [-0.2, 0) is 25.8 Å². The van der Waals surface area contributed by atoms with E-state index < -0.39 is 0 Å². The van der Waals surface area contributed by atoms with Gasteiger partial charge in [-0.05, 0) is 90.1 Å². The van der Waals surface area contributed by atoms with Crippen molar-refractivity contribution in [2.45, 2.75) is 51.0 Å². The average Bonchev–Trinajstić information content (AvgIpc) is 2.92. The van der Waals surface area contributed by atoms with Crippen LogP contribution in [0.25, 0.3) is 0 Å². The predicted molar refractivity (Wildman–Crippen MR) is 154 cm³/mol. The summed E-state index contributed by atoms with van der Waals surface area (Å²) in [6, 6.07) is 28.1. The predicted octanol–water partition coefficient (Wildman–Crippen LogP) is 5.61. The minimum Gasteiger partial charge on any atom is -0.396 e. The molecule has 1 aliphatic carbocycles. The van der Waals surface area contributed by atoms with Crippen LogP contribution in [0, 0.1) is 0 Å². The van der Waals surface area contributed by atoms with Crippen molar-refractivity contribution in [2.75, 3.05) is 23.7 Å². The van der Waals surface area contributed by atoms with Gasteiger partial charge >= 0.3 is 0 Å². The molecule has 0 bridgehead atoms. The first-order chi connectivity index (χ1) is 18.1. The molecule has 37 heavy (non-hydrogen) atoms. The molecule has 5 nitrogen and oxygen atoms in total. The third-order valence-electron chi connectivity index (χ3n) is 7.57. The van der Waals surface area contributed by atoms with Crippen molar-refractivity contribution in [1.29, 1.82) is 0 Å². The monoisotopic (exact) mass is 491 g/mol. The topological polar surface area (TPSA) is 103 Å². The number of nitrogens with zero attached hydrogens (tertiary/aromatic N) is 1. The lowest BCUT2D eigenvalue weighted by Gasteiger charge is -2.21. The molecule has 0 saturated heterocycles. The van der Waals surface area contributed by atoms with E-state index in [9.17, 15) is 0 Å². The first kappa shape index (κ1) is 24.8. The molecule has 7 N–H and O–H groups in total. The van der Waals surface area contributed by atoms with Crippen LogP contribution in [0.3, 0.4) is 0 Å². The van der Waals surface area contributed by atoms with Crippen molar-refractivity contribution >= 4 is 17.3 Å². The molecule has 1 unspecified atom stereocenters. The Bertz CT molecular complexity index is 1350. The lowest BCUT2D eigenvalue weighted by atomic mass is 9.87. The van der Waals surface area contributed by atoms with E-state index in [0.717, 1.165) is 31.5 Å². The first-order valence-electron chi connectivity index (χ1n) is 13.3. The van der Waals surface area contributed by atoms with E-state index in [-0.39, 0.29) is 5.92 Å². The van der Waals surface area contributed by atoms with E-state index in [1.165, 1.54) is 53.5 Å². The maximum absolute atomic E-state index is 6.36. The van der Waals surface area contributed by atoms with Crippen LogP contribution in [0.15, 0.2) is 78.9 Å². The molecule has 5 heteroatoms. The quantitative estimate of drug-likeness (QED) is 0.228. The summed E-state index contributed by atoms with van der Waals surface area (Å²) in [6.07, 6.45) is 6.90. The normalized spacial score (nSPS) is 13.7. The number of aromatic nitrogens is 1. The van der Waals surface area contributed by atoms with E-state index >= 15 is 0 Å². The van der Waals surface area contributed by atoms with E-state index in [4.69, 9.17) is 17.2 Å². The van der Waals surface area contributed by atoms with Gasteiger partial charge in [-0.2, -0.15) is 0 Å². The van der Waals surface area contributed by atoms with Crippen molar-refractivity contribution in [2.24, 2.45) is 0 Å². The zero-order valence-corrected chi connectivity index (χ0v) is 21.4. The fraction of sp³-hybridized carbons (Fsp3) is 0.281. The molecule has 4 aromatic rings. The molecule has 1 aromatic heterocycles. The third-order valence-corrected chi connectivity index (χ3v) is 7.57. The second-order valence-corrected chi connectivity index (χ2v) is 10.1. The van der Waals surface area contributed by atoms with E-state index in [1.807, 2.05) is 12.1 Å². The van der Waals surface area contributed by atoms with Gasteiger partial charge in [0.1, 0.15) is 11.6 Å². The molecule has 0 fully saturated rings. The van der Waals surface area contributed by atoms with Crippen molar-refractivity contribution in [1.82, 2.24) is 10.3 Å². The molecule has 0 aliphatic heterocycles. The van der Waals surface area contributed by atoms with Gasteiger partial charge in [-0.3, -0.25) is 0 Å². The Hall–Kier alpha value is -3.83. The van der Waals surface area contributed by atoms with Crippen LogP contribution >= 0.6 is 0 Å². The van der Waals surface area contributed by atoms with Crippen molar-refractivity contribution in [3.8, 4) is 0 Å². The van der Waals surface area contributed by atoms with E-state index in [2.05, 4.69) is 77.0 Å². The summed E-state index contributed by atoms with van der Waals surface area (Å²) in [7, 11) is 0. The van der Waals surface area contributed by atoms with Gasteiger partial charge in [0, 0.05) is 12.5 Å². The summed E-state index contributed by atoms with van der Waals surface area (Å²) in [5, 5.41) is 3.68. The number of hydrogen-bond acceptors (Lipinski definition) is 5. The fourth-order valence-electron chi connectivity index (χ4n) is 5.58. The van der Waals surface area contributed by atoms with Crippen LogP contribution in [-0.4, -0.2) is 11.5 Å². The molecule has 0 spiro atoms. The second-order valence-electron chi connectivity index (χ2n) is 10.1. The Labute approximate surface area is 220 Å². The Morgan fingerprint density at radius 3 is 2.32 bits per heavy atom. The molecular weight excluding hydrogens is 454 g/mol. The average molecular weight is 492 g/mol. The molecule has 3 aromatic carbocycles. The second kappa shape index (κ2) is 11.5. The summed E-state index contributed by atoms with van der Waals surface area (Å²) < 4.78 is 0. The Balaban J connectivity index is 1.27. The van der Waals surface area contributed by atoms with Crippen LogP contribution < -0.4 is 22.5 Å². The van der Waals surface area contributed by atoms with Crippen LogP contribution in [0.5, 0.6) is 0 Å². The lowest BCUT2D eigenvalue weighted by Crippen LogP contribution is -2.19. The zero-order valence-electron chi connectivity index (χ0n) is 21.4. The van der Waals surface area contributed by atoms with Crippen LogP contribution in [0.1, 0.15) is 64.1 Å². The number of aryl methyl sites for hydroxylation is 2. The lowest BCUT2D eigenvalue weighted by molar-refractivity contribution is 0.610. The molecule has 5 rings (SSSR count). The van der Waals surface area contributed by atoms with Crippen molar-refractivity contribution in [3.63, 3.8) is 0 Å². The molecule has 0 saturated carbocycles. The Morgan fingerprint density at radius 2 is 1.51 bits per heavy atom. The number of nitrogens with one attached hydrogen (secondary N) is 1. The molecule has 1 aliphatic rings. The third kappa shape index (κ3) is 5.95. The largest absolute Gasteiger partial charge is 0.396 e. The molecular formula is C32H37N5. The molecule has 190 valence electrons. The highest BCUT2D eigenvalue weighted by Crippen LogP contribution is 2.35. The summed E-state index contributed by atoms with van der Waals surface area (Å²) in [5.41, 5.74) is 28.3. The van der Waals surface area contributed by atoms with Gasteiger partial charge in [-0.1, -0.05) is 72.8 Å². The van der Waals surface area contributed by atoms with Gasteiger partial charge < -0.3 is 22.5 Å². The van der Waals surface area contributed by atoms with Gasteiger partial charge in [-0.25, -0.2) is 4.98 Å². The fourth-order valence-corrected chi connectivity index (χ4v) is 5.58. The standard InChI is InChI=1S/C32H37N5/c33-30-20-29(31(34)32(35)37-30)28(24-9-2-1-3-10-24)16-17-36-21-27-13-7-6-12-26(27)19-22-14-15-23-8-4-5-11-25(23)18-22/h1-3,6-7,9-10,12-15,18,20,28,36H,4-5,8,11,16-17,19,21,34H2,(H4,33,35,37). The van der Waals surface area contributed by atoms with Crippen molar-refractivity contribution in [3.05, 3.63) is 118 Å². The number of pyridine rings is 1. The van der Waals surface area contributed by atoms with Gasteiger partial charge in [0.25, 0.3) is 0 Å². The molecule has 0 radical (unpaired) electrons.